The van der Waals surface area contributed by atoms with Crippen molar-refractivity contribution in [2.75, 3.05) is 13.1 Å². The number of fused-ring (bicyclic) bond motifs is 1. The number of nitrogens with zero attached hydrogens (tertiary/aromatic N) is 2. The number of unbranched alkanes of at least 4 members (excludes halogenated alkanes) is 1. The van der Waals surface area contributed by atoms with E-state index in [0.29, 0.717) is 43.9 Å². The summed E-state index contributed by atoms with van der Waals surface area (Å²) in [5, 5.41) is 7.09. The molecule has 7 nitrogen and oxygen atoms in total. The molecular weight excluding hydrogens is 548 g/mol. The van der Waals surface area contributed by atoms with Gasteiger partial charge in [-0.15, -0.1) is 0 Å². The van der Waals surface area contributed by atoms with Gasteiger partial charge in [-0.05, 0) is 60.9 Å². The van der Waals surface area contributed by atoms with Crippen molar-refractivity contribution in [3.8, 4) is 0 Å². The molecule has 2 fully saturated rings. The second-order valence-electron chi connectivity index (χ2n) is 12.2. The third kappa shape index (κ3) is 7.54. The highest BCUT2D eigenvalue weighted by Gasteiger charge is 2.39. The van der Waals surface area contributed by atoms with E-state index in [2.05, 4.69) is 34.6 Å². The molecule has 0 radical (unpaired) electrons. The second-order valence-corrected chi connectivity index (χ2v) is 12.7. The first-order valence-electron chi connectivity index (χ1n) is 15.9. The number of carbonyl (C=O) groups excluding carboxylic acids is 3. The predicted octanol–water partition coefficient (Wildman–Crippen LogP) is 5.03. The van der Waals surface area contributed by atoms with Crippen LogP contribution < -0.4 is 10.6 Å². The van der Waals surface area contributed by atoms with Crippen molar-refractivity contribution in [1.29, 1.82) is 0 Å². The Balaban J connectivity index is 1.30. The van der Waals surface area contributed by atoms with Crippen LogP contribution in [0.2, 0.25) is 5.02 Å². The van der Waals surface area contributed by atoms with Crippen LogP contribution in [0, 0.1) is 0 Å². The molecule has 3 atom stereocenters. The molecule has 2 aromatic rings. The molecule has 8 heteroatoms. The van der Waals surface area contributed by atoms with E-state index >= 15 is 0 Å². The number of carbonyl (C=O) groups is 3. The van der Waals surface area contributed by atoms with E-state index in [9.17, 15) is 14.4 Å². The Morgan fingerprint density at radius 2 is 1.74 bits per heavy atom. The van der Waals surface area contributed by atoms with Crippen LogP contribution in [0.1, 0.15) is 81.4 Å². The monoisotopic (exact) mass is 592 g/mol. The molecule has 0 aromatic heterocycles. The lowest BCUT2D eigenvalue weighted by atomic mass is 9.92. The van der Waals surface area contributed by atoms with E-state index in [1.165, 1.54) is 12.0 Å². The van der Waals surface area contributed by atoms with Gasteiger partial charge in [0, 0.05) is 43.5 Å². The van der Waals surface area contributed by atoms with Crippen molar-refractivity contribution >= 4 is 29.3 Å². The maximum atomic E-state index is 14.1. The first kappa shape index (κ1) is 30.6. The first-order chi connectivity index (χ1) is 20.4. The number of likely N-dealkylation sites (tertiary alicyclic amines) is 1. The van der Waals surface area contributed by atoms with Gasteiger partial charge in [-0.2, -0.15) is 0 Å². The van der Waals surface area contributed by atoms with Gasteiger partial charge in [-0.3, -0.25) is 14.4 Å². The molecule has 3 amide bonds. The van der Waals surface area contributed by atoms with Gasteiger partial charge in [0.2, 0.25) is 17.7 Å². The molecule has 3 aliphatic rings. The van der Waals surface area contributed by atoms with Gasteiger partial charge in [-0.25, -0.2) is 0 Å². The van der Waals surface area contributed by atoms with E-state index in [1.807, 2.05) is 41.3 Å². The molecule has 1 saturated heterocycles. The lowest BCUT2D eigenvalue weighted by Gasteiger charge is -2.39. The standard InChI is InChI=1S/C34H45ClN4O3/c1-2-3-13-32(40)39(28-11-5-4-6-12-28)29-18-19-38(23-29)34(42)31(20-24-14-16-27(35)17-15-24)37-33(41)30-21-25-9-7-8-10-26(25)22-36-30/h7-10,14-17,28-31,36H,2-6,11-13,18-23H2,1H3,(H,37,41)/t29-,30+,31+/m0/s1. The number of benzene rings is 2. The van der Waals surface area contributed by atoms with Crippen LogP contribution in [0.4, 0.5) is 0 Å². The molecule has 1 aliphatic carbocycles. The second kappa shape index (κ2) is 14.5. The molecule has 42 heavy (non-hydrogen) atoms. The molecule has 0 unspecified atom stereocenters. The fourth-order valence-electron chi connectivity index (χ4n) is 6.88. The Hall–Kier alpha value is -2.90. The molecule has 1 saturated carbocycles. The van der Waals surface area contributed by atoms with Gasteiger partial charge in [0.25, 0.3) is 0 Å². The summed E-state index contributed by atoms with van der Waals surface area (Å²) in [4.78, 5) is 45.1. The minimum absolute atomic E-state index is 0.0322. The highest BCUT2D eigenvalue weighted by atomic mass is 35.5. The Morgan fingerprint density at radius 1 is 1.00 bits per heavy atom. The highest BCUT2D eigenvalue weighted by Crippen LogP contribution is 2.29. The summed E-state index contributed by atoms with van der Waals surface area (Å²) in [5.41, 5.74) is 3.30. The maximum absolute atomic E-state index is 14.1. The van der Waals surface area contributed by atoms with E-state index in [-0.39, 0.29) is 29.8 Å². The van der Waals surface area contributed by atoms with Gasteiger partial charge in [0.05, 0.1) is 12.1 Å². The minimum Gasteiger partial charge on any atom is -0.343 e. The number of hydrogen-bond acceptors (Lipinski definition) is 4. The normalized spacial score (nSPS) is 21.4. The molecular formula is C34H45ClN4O3. The quantitative estimate of drug-likeness (QED) is 0.405. The van der Waals surface area contributed by atoms with Gasteiger partial charge in [0.15, 0.2) is 0 Å². The summed E-state index contributed by atoms with van der Waals surface area (Å²) in [6.45, 7) is 3.86. The maximum Gasteiger partial charge on any atom is 0.245 e. The van der Waals surface area contributed by atoms with Crippen LogP contribution in [0.15, 0.2) is 48.5 Å². The van der Waals surface area contributed by atoms with Crippen LogP contribution in [0.25, 0.3) is 0 Å². The van der Waals surface area contributed by atoms with Crippen LogP contribution in [0.5, 0.6) is 0 Å². The van der Waals surface area contributed by atoms with E-state index in [4.69, 9.17) is 11.6 Å². The van der Waals surface area contributed by atoms with Gasteiger partial charge in [-0.1, -0.05) is 80.6 Å². The SMILES string of the molecule is CCCCC(=O)N(C1CCCCC1)[C@H]1CCN(C(=O)[C@@H](Cc2ccc(Cl)cc2)NC(=O)[C@H]2Cc3ccccc3CN2)C1. The van der Waals surface area contributed by atoms with Gasteiger partial charge >= 0.3 is 0 Å². The average molecular weight is 593 g/mol. The zero-order valence-electron chi connectivity index (χ0n) is 24.8. The summed E-state index contributed by atoms with van der Waals surface area (Å²) in [5.74, 6) is -0.00882. The molecule has 0 spiro atoms. The fourth-order valence-corrected chi connectivity index (χ4v) is 7.01. The third-order valence-electron chi connectivity index (χ3n) is 9.23. The zero-order valence-corrected chi connectivity index (χ0v) is 25.6. The average Bonchev–Trinajstić information content (AvgIpc) is 3.50. The Labute approximate surface area is 255 Å². The van der Waals surface area contributed by atoms with E-state index < -0.39 is 12.1 Å². The smallest absolute Gasteiger partial charge is 0.245 e. The first-order valence-corrected chi connectivity index (χ1v) is 16.3. The zero-order chi connectivity index (χ0) is 29.5. The molecule has 0 bridgehead atoms. The van der Waals surface area contributed by atoms with E-state index in [0.717, 1.165) is 56.1 Å². The number of hydrogen-bond donors (Lipinski definition) is 2. The Kier molecular flexibility index (Phi) is 10.6. The molecule has 2 aromatic carbocycles. The summed E-state index contributed by atoms with van der Waals surface area (Å²) in [6, 6.07) is 14.8. The predicted molar refractivity (Wildman–Crippen MR) is 166 cm³/mol. The number of halogens is 1. The molecule has 5 rings (SSSR count). The fraction of sp³-hybridized carbons (Fsp3) is 0.559. The number of rotatable bonds is 10. The largest absolute Gasteiger partial charge is 0.343 e. The van der Waals surface area contributed by atoms with Crippen LogP contribution >= 0.6 is 11.6 Å². The van der Waals surface area contributed by atoms with Crippen LogP contribution in [-0.2, 0) is 33.8 Å². The number of amides is 3. The number of nitrogens with one attached hydrogen (secondary N) is 2. The molecule has 226 valence electrons. The van der Waals surface area contributed by atoms with Crippen molar-refractivity contribution < 1.29 is 14.4 Å². The molecule has 2 aliphatic heterocycles. The Bertz CT molecular complexity index is 1230. The van der Waals surface area contributed by atoms with Crippen LogP contribution in [0.3, 0.4) is 0 Å². The summed E-state index contributed by atoms with van der Waals surface area (Å²) in [6.07, 6.45) is 9.87. The van der Waals surface area contributed by atoms with Gasteiger partial charge < -0.3 is 20.4 Å². The van der Waals surface area contributed by atoms with E-state index in [1.54, 1.807) is 0 Å². The van der Waals surface area contributed by atoms with Gasteiger partial charge in [0.1, 0.15) is 6.04 Å². The minimum atomic E-state index is -0.699. The lowest BCUT2D eigenvalue weighted by Crippen LogP contribution is -2.56. The van der Waals surface area contributed by atoms with Crippen molar-refractivity contribution in [1.82, 2.24) is 20.4 Å². The molecule has 2 heterocycles. The van der Waals surface area contributed by atoms with Crippen molar-refractivity contribution in [2.24, 2.45) is 0 Å². The third-order valence-corrected chi connectivity index (χ3v) is 9.49. The van der Waals surface area contributed by atoms with Crippen molar-refractivity contribution in [2.45, 2.75) is 108 Å². The van der Waals surface area contributed by atoms with Crippen molar-refractivity contribution in [3.63, 3.8) is 0 Å². The van der Waals surface area contributed by atoms with Crippen molar-refractivity contribution in [3.05, 3.63) is 70.2 Å². The molecule has 2 N–H and O–H groups in total. The summed E-state index contributed by atoms with van der Waals surface area (Å²) >= 11 is 6.12. The Morgan fingerprint density at radius 3 is 2.48 bits per heavy atom. The highest BCUT2D eigenvalue weighted by molar-refractivity contribution is 6.30. The summed E-state index contributed by atoms with van der Waals surface area (Å²) in [7, 11) is 0. The summed E-state index contributed by atoms with van der Waals surface area (Å²) < 4.78 is 0. The lowest BCUT2D eigenvalue weighted by molar-refractivity contribution is -0.139. The topological polar surface area (TPSA) is 81.8 Å². The van der Waals surface area contributed by atoms with Crippen LogP contribution in [-0.4, -0.2) is 64.8 Å².